The predicted molar refractivity (Wildman–Crippen MR) is 78.5 cm³/mol. The molecule has 1 aliphatic heterocycles. The normalized spacial score (nSPS) is 23.9. The van der Waals surface area contributed by atoms with E-state index in [0.717, 1.165) is 25.4 Å². The zero-order valence-electron chi connectivity index (χ0n) is 12.2. The van der Waals surface area contributed by atoms with Gasteiger partial charge in [-0.3, -0.25) is 0 Å². The fourth-order valence-electron chi connectivity index (χ4n) is 2.74. The molecule has 2 atom stereocenters. The third kappa shape index (κ3) is 3.47. The van der Waals surface area contributed by atoms with Crippen molar-refractivity contribution in [2.75, 3.05) is 40.8 Å². The molecule has 1 saturated heterocycles. The summed E-state index contributed by atoms with van der Waals surface area (Å²) in [7, 11) is 6.03. The average Bonchev–Trinajstić information content (AvgIpc) is 2.60. The highest BCUT2D eigenvalue weighted by Crippen LogP contribution is 2.22. The summed E-state index contributed by atoms with van der Waals surface area (Å²) in [6.07, 6.45) is 1.21. The van der Waals surface area contributed by atoms with E-state index in [1.807, 2.05) is 12.1 Å². The molecule has 4 heteroatoms. The van der Waals surface area contributed by atoms with Gasteiger partial charge in [0.1, 0.15) is 5.75 Å². The first-order valence-electron chi connectivity index (χ1n) is 6.90. The third-order valence-electron chi connectivity index (χ3n) is 4.03. The Morgan fingerprint density at radius 3 is 2.53 bits per heavy atom. The highest BCUT2D eigenvalue weighted by Gasteiger charge is 2.26. The Morgan fingerprint density at radius 1 is 1.21 bits per heavy atom. The van der Waals surface area contributed by atoms with E-state index in [4.69, 9.17) is 10.5 Å². The molecule has 1 aromatic rings. The Bertz CT molecular complexity index is 393. The maximum atomic E-state index is 6.47. The first-order chi connectivity index (χ1) is 9.11. The molecule has 1 aliphatic rings. The minimum absolute atomic E-state index is 0.0384. The van der Waals surface area contributed by atoms with E-state index in [9.17, 15) is 0 Å². The summed E-state index contributed by atoms with van der Waals surface area (Å²) in [4.78, 5) is 4.76. The van der Waals surface area contributed by atoms with Gasteiger partial charge >= 0.3 is 0 Å². The van der Waals surface area contributed by atoms with Crippen LogP contribution in [-0.4, -0.2) is 56.7 Å². The summed E-state index contributed by atoms with van der Waals surface area (Å²) in [5.41, 5.74) is 7.65. The van der Waals surface area contributed by atoms with Crippen LogP contribution in [0, 0.1) is 0 Å². The molecule has 0 amide bonds. The lowest BCUT2D eigenvalue weighted by Crippen LogP contribution is -2.45. The van der Waals surface area contributed by atoms with Crippen LogP contribution in [0.15, 0.2) is 24.3 Å². The largest absolute Gasteiger partial charge is 0.497 e. The maximum absolute atomic E-state index is 6.47. The Hall–Kier alpha value is -1.10. The van der Waals surface area contributed by atoms with Crippen LogP contribution in [0.5, 0.6) is 5.75 Å². The van der Waals surface area contributed by atoms with Crippen LogP contribution >= 0.6 is 0 Å². The predicted octanol–water partition coefficient (Wildman–Crippen LogP) is 1.33. The molecular weight excluding hydrogens is 238 g/mol. The molecule has 1 aromatic carbocycles. The molecule has 106 valence electrons. The average molecular weight is 263 g/mol. The van der Waals surface area contributed by atoms with Gasteiger partial charge in [0.05, 0.1) is 7.11 Å². The van der Waals surface area contributed by atoms with Crippen molar-refractivity contribution in [1.29, 1.82) is 0 Å². The van der Waals surface area contributed by atoms with Gasteiger partial charge in [-0.05, 0) is 51.3 Å². The van der Waals surface area contributed by atoms with Crippen LogP contribution in [-0.2, 0) is 0 Å². The molecule has 1 fully saturated rings. The van der Waals surface area contributed by atoms with Crippen molar-refractivity contribution in [3.05, 3.63) is 29.8 Å². The number of ether oxygens (including phenoxy) is 1. The highest BCUT2D eigenvalue weighted by molar-refractivity contribution is 5.29. The minimum Gasteiger partial charge on any atom is -0.497 e. The molecule has 2 N–H and O–H groups in total. The van der Waals surface area contributed by atoms with Gasteiger partial charge < -0.3 is 20.3 Å². The number of rotatable bonds is 3. The van der Waals surface area contributed by atoms with E-state index in [-0.39, 0.29) is 6.04 Å². The summed E-state index contributed by atoms with van der Waals surface area (Å²) in [5, 5.41) is 0. The monoisotopic (exact) mass is 263 g/mol. The number of benzene rings is 1. The quantitative estimate of drug-likeness (QED) is 0.893. The van der Waals surface area contributed by atoms with Crippen molar-refractivity contribution in [2.45, 2.75) is 18.5 Å². The Morgan fingerprint density at radius 2 is 1.89 bits per heavy atom. The highest BCUT2D eigenvalue weighted by atomic mass is 16.5. The lowest BCUT2D eigenvalue weighted by molar-refractivity contribution is 0.196. The number of methoxy groups -OCH3 is 1. The Balaban J connectivity index is 2.13. The van der Waals surface area contributed by atoms with E-state index < -0.39 is 0 Å². The fourth-order valence-corrected chi connectivity index (χ4v) is 2.74. The van der Waals surface area contributed by atoms with Crippen molar-refractivity contribution in [3.63, 3.8) is 0 Å². The van der Waals surface area contributed by atoms with E-state index in [0.29, 0.717) is 6.04 Å². The number of likely N-dealkylation sites (N-methyl/N-ethyl adjacent to an activating group) is 2. The van der Waals surface area contributed by atoms with Gasteiger partial charge in [0.2, 0.25) is 0 Å². The van der Waals surface area contributed by atoms with Crippen LogP contribution in [0.25, 0.3) is 0 Å². The molecule has 0 aromatic heterocycles. The summed E-state index contributed by atoms with van der Waals surface area (Å²) >= 11 is 0. The minimum atomic E-state index is 0.0384. The topological polar surface area (TPSA) is 41.7 Å². The summed E-state index contributed by atoms with van der Waals surface area (Å²) in [6, 6.07) is 8.51. The summed E-state index contributed by atoms with van der Waals surface area (Å²) < 4.78 is 5.19. The SMILES string of the molecule is COc1ccc(C(N)C2CN(C)CCCN2C)cc1. The van der Waals surface area contributed by atoms with Gasteiger partial charge in [-0.1, -0.05) is 12.1 Å². The van der Waals surface area contributed by atoms with Gasteiger partial charge in [-0.25, -0.2) is 0 Å². The molecule has 0 spiro atoms. The second kappa shape index (κ2) is 6.37. The Kier molecular flexibility index (Phi) is 4.80. The Labute approximate surface area is 116 Å². The van der Waals surface area contributed by atoms with Crippen molar-refractivity contribution in [3.8, 4) is 5.75 Å². The third-order valence-corrected chi connectivity index (χ3v) is 4.03. The van der Waals surface area contributed by atoms with Crippen molar-refractivity contribution in [2.24, 2.45) is 5.73 Å². The van der Waals surface area contributed by atoms with Crippen molar-refractivity contribution >= 4 is 0 Å². The molecule has 4 nitrogen and oxygen atoms in total. The van der Waals surface area contributed by atoms with Gasteiger partial charge in [0, 0.05) is 18.6 Å². The van der Waals surface area contributed by atoms with Crippen molar-refractivity contribution in [1.82, 2.24) is 9.80 Å². The molecule has 2 rings (SSSR count). The summed E-state index contributed by atoms with van der Waals surface area (Å²) in [6.45, 7) is 3.28. The first kappa shape index (κ1) is 14.3. The van der Waals surface area contributed by atoms with E-state index in [1.165, 1.54) is 12.0 Å². The maximum Gasteiger partial charge on any atom is 0.118 e. The lowest BCUT2D eigenvalue weighted by Gasteiger charge is -2.32. The van der Waals surface area contributed by atoms with E-state index in [2.05, 4.69) is 36.0 Å². The van der Waals surface area contributed by atoms with Gasteiger partial charge in [0.15, 0.2) is 0 Å². The van der Waals surface area contributed by atoms with E-state index >= 15 is 0 Å². The van der Waals surface area contributed by atoms with E-state index in [1.54, 1.807) is 7.11 Å². The lowest BCUT2D eigenvalue weighted by atomic mass is 9.99. The van der Waals surface area contributed by atoms with Crippen LogP contribution in [0.4, 0.5) is 0 Å². The number of hydrogen-bond acceptors (Lipinski definition) is 4. The van der Waals surface area contributed by atoms with Crippen molar-refractivity contribution < 1.29 is 4.74 Å². The van der Waals surface area contributed by atoms with Gasteiger partial charge in [-0.15, -0.1) is 0 Å². The molecule has 0 saturated carbocycles. The van der Waals surface area contributed by atoms with Crippen LogP contribution in [0.2, 0.25) is 0 Å². The number of hydrogen-bond donors (Lipinski definition) is 1. The molecule has 0 aliphatic carbocycles. The van der Waals surface area contributed by atoms with Crippen LogP contribution < -0.4 is 10.5 Å². The zero-order valence-corrected chi connectivity index (χ0v) is 12.2. The summed E-state index contributed by atoms with van der Waals surface area (Å²) in [5.74, 6) is 0.877. The fraction of sp³-hybridized carbons (Fsp3) is 0.600. The van der Waals surface area contributed by atoms with Gasteiger partial charge in [0.25, 0.3) is 0 Å². The van der Waals surface area contributed by atoms with Crippen LogP contribution in [0.3, 0.4) is 0 Å². The molecule has 1 heterocycles. The molecule has 19 heavy (non-hydrogen) atoms. The van der Waals surface area contributed by atoms with Crippen LogP contribution in [0.1, 0.15) is 18.0 Å². The zero-order chi connectivity index (χ0) is 13.8. The molecular formula is C15H25N3O. The smallest absolute Gasteiger partial charge is 0.118 e. The molecule has 0 bridgehead atoms. The standard InChI is InChI=1S/C15H25N3O/c1-17-9-4-10-18(2)14(11-17)15(16)12-5-7-13(19-3)8-6-12/h5-8,14-15H,4,9-11,16H2,1-3H3. The molecule has 0 radical (unpaired) electrons. The number of nitrogens with two attached hydrogens (primary N) is 1. The second-order valence-electron chi connectivity index (χ2n) is 5.46. The second-order valence-corrected chi connectivity index (χ2v) is 5.46. The van der Waals surface area contributed by atoms with Gasteiger partial charge in [-0.2, -0.15) is 0 Å². The first-order valence-corrected chi connectivity index (χ1v) is 6.90. The number of nitrogens with zero attached hydrogens (tertiary/aromatic N) is 2. The molecule has 2 unspecified atom stereocenters.